The van der Waals surface area contributed by atoms with E-state index in [0.717, 1.165) is 49.9 Å². The molecule has 1 fully saturated rings. The van der Waals surface area contributed by atoms with Crippen molar-refractivity contribution in [3.05, 3.63) is 60.2 Å². The van der Waals surface area contributed by atoms with E-state index in [2.05, 4.69) is 46.3 Å². The monoisotopic (exact) mass is 538 g/mol. The van der Waals surface area contributed by atoms with Crippen molar-refractivity contribution < 1.29 is 9.47 Å². The molecule has 2 aromatic rings. The molecule has 1 atom stereocenters. The normalized spacial score (nSPS) is 15.9. The van der Waals surface area contributed by atoms with Gasteiger partial charge in [0, 0.05) is 39.5 Å². The van der Waals surface area contributed by atoms with Crippen LogP contribution in [0.25, 0.3) is 0 Å². The lowest BCUT2D eigenvalue weighted by atomic mass is 10.1. The maximum atomic E-state index is 6.12. The molecule has 3 rings (SSSR count). The molecule has 1 aliphatic rings. The van der Waals surface area contributed by atoms with E-state index >= 15 is 0 Å². The highest BCUT2D eigenvalue weighted by Crippen LogP contribution is 2.23. The Bertz CT molecular complexity index is 808. The van der Waals surface area contributed by atoms with Gasteiger partial charge in [-0.15, -0.1) is 24.0 Å². The number of aliphatic imine (C=N–C) groups is 1. The van der Waals surface area contributed by atoms with E-state index in [1.54, 1.807) is 7.11 Å². The highest BCUT2D eigenvalue weighted by Gasteiger charge is 2.24. The number of likely N-dealkylation sites (N-methyl/N-ethyl adjacent to an activating group) is 1. The van der Waals surface area contributed by atoms with E-state index < -0.39 is 0 Å². The van der Waals surface area contributed by atoms with E-state index in [1.807, 2.05) is 49.5 Å². The SMILES string of the molecule is CN=C(NCC(c1cccc(OC)c1)N(C)C)N1CCC(Oc2ccccc2)CC1.I. The molecule has 170 valence electrons. The summed E-state index contributed by atoms with van der Waals surface area (Å²) in [6.45, 7) is 2.64. The van der Waals surface area contributed by atoms with Crippen LogP contribution < -0.4 is 14.8 Å². The second-order valence-corrected chi connectivity index (χ2v) is 7.80. The molecule has 1 N–H and O–H groups in total. The molecule has 1 heterocycles. The largest absolute Gasteiger partial charge is 0.497 e. The second kappa shape index (κ2) is 12.8. The first-order valence-electron chi connectivity index (χ1n) is 10.6. The zero-order valence-electron chi connectivity index (χ0n) is 19.0. The van der Waals surface area contributed by atoms with Crippen LogP contribution in [0.1, 0.15) is 24.4 Å². The number of hydrogen-bond donors (Lipinski definition) is 1. The van der Waals surface area contributed by atoms with E-state index in [-0.39, 0.29) is 36.1 Å². The number of benzene rings is 2. The third-order valence-corrected chi connectivity index (χ3v) is 5.55. The van der Waals surface area contributed by atoms with Gasteiger partial charge in [-0.2, -0.15) is 0 Å². The van der Waals surface area contributed by atoms with E-state index in [4.69, 9.17) is 9.47 Å². The van der Waals surface area contributed by atoms with Crippen molar-refractivity contribution in [2.75, 3.05) is 47.9 Å². The fourth-order valence-electron chi connectivity index (χ4n) is 3.84. The van der Waals surface area contributed by atoms with Crippen molar-refractivity contribution in [1.82, 2.24) is 15.1 Å². The van der Waals surface area contributed by atoms with Crippen LogP contribution in [0.15, 0.2) is 59.6 Å². The fraction of sp³-hybridized carbons (Fsp3) is 0.458. The summed E-state index contributed by atoms with van der Waals surface area (Å²) in [7, 11) is 7.75. The Labute approximate surface area is 203 Å². The van der Waals surface area contributed by atoms with Gasteiger partial charge in [0.05, 0.1) is 13.2 Å². The Balaban J connectivity index is 0.00000341. The van der Waals surface area contributed by atoms with Gasteiger partial charge >= 0.3 is 0 Å². The second-order valence-electron chi connectivity index (χ2n) is 7.80. The predicted molar refractivity (Wildman–Crippen MR) is 138 cm³/mol. The minimum Gasteiger partial charge on any atom is -0.497 e. The maximum Gasteiger partial charge on any atom is 0.193 e. The number of para-hydroxylation sites is 1. The van der Waals surface area contributed by atoms with Gasteiger partial charge in [0.25, 0.3) is 0 Å². The van der Waals surface area contributed by atoms with Crippen LogP contribution in [-0.2, 0) is 0 Å². The first kappa shape index (κ1) is 25.3. The standard InChI is InChI=1S/C24H34N4O2.HI/c1-25-24(26-18-23(27(2)3)19-9-8-12-22(17-19)29-4)28-15-13-21(14-16-28)30-20-10-6-5-7-11-20;/h5-12,17,21,23H,13-16,18H2,1-4H3,(H,25,26);1H. The lowest BCUT2D eigenvalue weighted by molar-refractivity contribution is 0.129. The van der Waals surface area contributed by atoms with Crippen molar-refractivity contribution in [2.45, 2.75) is 25.0 Å². The smallest absolute Gasteiger partial charge is 0.193 e. The molecule has 6 nitrogen and oxygen atoms in total. The molecule has 2 aromatic carbocycles. The molecular weight excluding hydrogens is 503 g/mol. The number of nitrogens with zero attached hydrogens (tertiary/aromatic N) is 3. The van der Waals surface area contributed by atoms with Crippen LogP contribution in [0, 0.1) is 0 Å². The minimum atomic E-state index is 0. The van der Waals surface area contributed by atoms with Crippen molar-refractivity contribution in [3.63, 3.8) is 0 Å². The van der Waals surface area contributed by atoms with Crippen molar-refractivity contribution >= 4 is 29.9 Å². The molecule has 7 heteroatoms. The third kappa shape index (κ3) is 7.28. The zero-order valence-corrected chi connectivity index (χ0v) is 21.3. The topological polar surface area (TPSA) is 49.3 Å². The van der Waals surface area contributed by atoms with Crippen LogP contribution >= 0.6 is 24.0 Å². The number of halogens is 1. The molecule has 0 spiro atoms. The molecule has 0 bridgehead atoms. The van der Waals surface area contributed by atoms with Crippen LogP contribution in [0.4, 0.5) is 0 Å². The Morgan fingerprint density at radius 2 is 1.77 bits per heavy atom. The molecular formula is C24H35IN4O2. The van der Waals surface area contributed by atoms with Gasteiger partial charge in [0.15, 0.2) is 5.96 Å². The summed E-state index contributed by atoms with van der Waals surface area (Å²) < 4.78 is 11.5. The fourth-order valence-corrected chi connectivity index (χ4v) is 3.84. The molecule has 31 heavy (non-hydrogen) atoms. The Morgan fingerprint density at radius 1 is 1.10 bits per heavy atom. The van der Waals surface area contributed by atoms with Gasteiger partial charge in [-0.1, -0.05) is 30.3 Å². The molecule has 0 aliphatic carbocycles. The molecule has 0 radical (unpaired) electrons. The average molecular weight is 538 g/mol. The average Bonchev–Trinajstić information content (AvgIpc) is 2.78. The number of guanidine groups is 1. The van der Waals surface area contributed by atoms with Crippen molar-refractivity contribution in [2.24, 2.45) is 4.99 Å². The highest BCUT2D eigenvalue weighted by atomic mass is 127. The lowest BCUT2D eigenvalue weighted by Crippen LogP contribution is -2.49. The number of piperidine rings is 1. The predicted octanol–water partition coefficient (Wildman–Crippen LogP) is 4.03. The summed E-state index contributed by atoms with van der Waals surface area (Å²) in [6, 6.07) is 18.6. The number of rotatable bonds is 7. The highest BCUT2D eigenvalue weighted by molar-refractivity contribution is 14.0. The summed E-state index contributed by atoms with van der Waals surface area (Å²) in [5, 5.41) is 3.57. The van der Waals surface area contributed by atoms with Crippen molar-refractivity contribution in [3.8, 4) is 11.5 Å². The van der Waals surface area contributed by atoms with Crippen molar-refractivity contribution in [1.29, 1.82) is 0 Å². The Hall–Kier alpha value is -2.00. The van der Waals surface area contributed by atoms with Crippen LogP contribution in [0.2, 0.25) is 0 Å². The van der Waals surface area contributed by atoms with Crippen LogP contribution in [0.3, 0.4) is 0 Å². The molecule has 1 aliphatic heterocycles. The number of methoxy groups -OCH3 is 1. The lowest BCUT2D eigenvalue weighted by Gasteiger charge is -2.35. The number of nitrogens with one attached hydrogen (secondary N) is 1. The molecule has 0 aromatic heterocycles. The minimum absolute atomic E-state index is 0. The number of likely N-dealkylation sites (tertiary alicyclic amines) is 1. The van der Waals surface area contributed by atoms with Gasteiger partial charge in [-0.05, 0) is 43.9 Å². The summed E-state index contributed by atoms with van der Waals surface area (Å²) >= 11 is 0. The molecule has 1 saturated heterocycles. The summed E-state index contributed by atoms with van der Waals surface area (Å²) in [4.78, 5) is 9.07. The quantitative estimate of drug-likeness (QED) is 0.328. The third-order valence-electron chi connectivity index (χ3n) is 5.55. The first-order chi connectivity index (χ1) is 14.6. The van der Waals surface area contributed by atoms with Gasteiger partial charge in [0.1, 0.15) is 17.6 Å². The maximum absolute atomic E-state index is 6.12. The summed E-state index contributed by atoms with van der Waals surface area (Å²) in [5.41, 5.74) is 1.22. The Kier molecular flexibility index (Phi) is 10.4. The van der Waals surface area contributed by atoms with Gasteiger partial charge in [0.2, 0.25) is 0 Å². The number of ether oxygens (including phenoxy) is 2. The van der Waals surface area contributed by atoms with Crippen LogP contribution in [-0.4, -0.2) is 69.8 Å². The zero-order chi connectivity index (χ0) is 21.3. The summed E-state index contributed by atoms with van der Waals surface area (Å²) in [5.74, 6) is 2.78. The molecule has 1 unspecified atom stereocenters. The summed E-state index contributed by atoms with van der Waals surface area (Å²) in [6.07, 6.45) is 2.23. The Morgan fingerprint density at radius 3 is 2.39 bits per heavy atom. The van der Waals surface area contributed by atoms with E-state index in [1.165, 1.54) is 5.56 Å². The van der Waals surface area contributed by atoms with Gasteiger partial charge in [-0.3, -0.25) is 4.99 Å². The molecule has 0 saturated carbocycles. The first-order valence-corrected chi connectivity index (χ1v) is 10.6. The van der Waals surface area contributed by atoms with E-state index in [0.29, 0.717) is 0 Å². The van der Waals surface area contributed by atoms with E-state index in [9.17, 15) is 0 Å². The van der Waals surface area contributed by atoms with Crippen LogP contribution in [0.5, 0.6) is 11.5 Å². The van der Waals surface area contributed by atoms with Gasteiger partial charge in [-0.25, -0.2) is 0 Å². The van der Waals surface area contributed by atoms with Gasteiger partial charge < -0.3 is 24.6 Å². The number of hydrogen-bond acceptors (Lipinski definition) is 4. The molecule has 0 amide bonds.